The number of pyridine rings is 1. The summed E-state index contributed by atoms with van der Waals surface area (Å²) < 4.78 is 13.3. The van der Waals surface area contributed by atoms with Gasteiger partial charge in [-0.1, -0.05) is 29.8 Å². The smallest absolute Gasteiger partial charge is 0.257 e. The summed E-state index contributed by atoms with van der Waals surface area (Å²) in [5.74, 6) is 0.393. The average Bonchev–Trinajstić information content (AvgIpc) is 3.20. The van der Waals surface area contributed by atoms with E-state index in [1.165, 1.54) is 18.3 Å². The van der Waals surface area contributed by atoms with E-state index in [0.717, 1.165) is 0 Å². The molecule has 1 amide bonds. The van der Waals surface area contributed by atoms with Crippen LogP contribution in [0.4, 0.5) is 21.8 Å². The van der Waals surface area contributed by atoms with Crippen LogP contribution in [0.2, 0.25) is 5.02 Å². The highest BCUT2D eigenvalue weighted by molar-refractivity contribution is 6.31. The number of hydrogen-bond donors (Lipinski definition) is 3. The lowest BCUT2D eigenvalue weighted by Gasteiger charge is -2.05. The van der Waals surface area contributed by atoms with Crippen LogP contribution in [0, 0.1) is 5.82 Å². The molecule has 2 aromatic carbocycles. The minimum atomic E-state index is -0.506. The van der Waals surface area contributed by atoms with Gasteiger partial charge in [-0.05, 0) is 42.5 Å². The largest absolute Gasteiger partial charge is 0.322 e. The van der Waals surface area contributed by atoms with Gasteiger partial charge in [0.15, 0.2) is 5.82 Å². The van der Waals surface area contributed by atoms with Crippen molar-refractivity contribution in [1.82, 2.24) is 20.2 Å². The minimum absolute atomic E-state index is 0.000515. The molecule has 144 valence electrons. The van der Waals surface area contributed by atoms with Crippen LogP contribution < -0.4 is 10.6 Å². The Kier molecular flexibility index (Phi) is 5.17. The molecule has 7 nitrogen and oxygen atoms in total. The van der Waals surface area contributed by atoms with Crippen LogP contribution in [0.25, 0.3) is 11.4 Å². The van der Waals surface area contributed by atoms with Crippen molar-refractivity contribution in [2.24, 2.45) is 0 Å². The van der Waals surface area contributed by atoms with Gasteiger partial charge in [0.1, 0.15) is 11.6 Å². The number of amides is 1. The standard InChI is InChI=1S/C20H14ClFN6O/c21-15-10-12(6-8-16(15)22)18-26-20(28-27-18)25-17-9-7-13(11-23-17)19(29)24-14-4-2-1-3-5-14/h1-11H,(H,24,29)(H2,23,25,26,27,28). The monoisotopic (exact) mass is 408 g/mol. The van der Waals surface area contributed by atoms with Crippen LogP contribution >= 0.6 is 11.6 Å². The Hall–Kier alpha value is -3.78. The van der Waals surface area contributed by atoms with E-state index in [2.05, 4.69) is 30.8 Å². The fourth-order valence-electron chi connectivity index (χ4n) is 2.53. The van der Waals surface area contributed by atoms with Crippen LogP contribution in [0.3, 0.4) is 0 Å². The molecular weight excluding hydrogens is 395 g/mol. The number of nitrogens with zero attached hydrogens (tertiary/aromatic N) is 3. The number of carbonyl (C=O) groups excluding carboxylic acids is 1. The third-order valence-electron chi connectivity index (χ3n) is 3.98. The van der Waals surface area contributed by atoms with Gasteiger partial charge < -0.3 is 10.6 Å². The lowest BCUT2D eigenvalue weighted by Crippen LogP contribution is -2.12. The summed E-state index contributed by atoms with van der Waals surface area (Å²) in [6, 6.07) is 16.7. The zero-order valence-electron chi connectivity index (χ0n) is 14.9. The molecule has 0 radical (unpaired) electrons. The van der Waals surface area contributed by atoms with Crippen molar-refractivity contribution in [3.05, 3.63) is 83.3 Å². The number of benzene rings is 2. The van der Waals surface area contributed by atoms with Crippen molar-refractivity contribution in [3.63, 3.8) is 0 Å². The molecule has 3 N–H and O–H groups in total. The van der Waals surface area contributed by atoms with E-state index in [9.17, 15) is 9.18 Å². The topological polar surface area (TPSA) is 95.6 Å². The first-order valence-corrected chi connectivity index (χ1v) is 8.93. The molecule has 0 saturated carbocycles. The first-order valence-electron chi connectivity index (χ1n) is 8.56. The van der Waals surface area contributed by atoms with Crippen molar-refractivity contribution in [1.29, 1.82) is 0 Å². The van der Waals surface area contributed by atoms with Crippen molar-refractivity contribution >= 4 is 35.0 Å². The summed E-state index contributed by atoms with van der Waals surface area (Å²) in [5.41, 5.74) is 1.71. The highest BCUT2D eigenvalue weighted by Gasteiger charge is 2.10. The van der Waals surface area contributed by atoms with E-state index < -0.39 is 5.82 Å². The van der Waals surface area contributed by atoms with Gasteiger partial charge in [-0.15, -0.1) is 5.10 Å². The quantitative estimate of drug-likeness (QED) is 0.446. The van der Waals surface area contributed by atoms with Gasteiger partial charge in [-0.3, -0.25) is 9.89 Å². The second kappa shape index (κ2) is 8.07. The first-order chi connectivity index (χ1) is 14.1. The summed E-state index contributed by atoms with van der Waals surface area (Å²) in [7, 11) is 0. The SMILES string of the molecule is O=C(Nc1ccccc1)c1ccc(Nc2n[nH]c(-c3ccc(F)c(Cl)c3)n2)nc1. The van der Waals surface area contributed by atoms with Crippen LogP contribution in [0.5, 0.6) is 0 Å². The van der Waals surface area contributed by atoms with Gasteiger partial charge in [0.25, 0.3) is 5.91 Å². The van der Waals surface area contributed by atoms with Gasteiger partial charge >= 0.3 is 0 Å². The number of para-hydroxylation sites is 1. The molecule has 2 aromatic heterocycles. The number of anilines is 3. The molecule has 2 heterocycles. The Morgan fingerprint density at radius 3 is 2.62 bits per heavy atom. The van der Waals surface area contributed by atoms with Crippen molar-refractivity contribution in [2.75, 3.05) is 10.6 Å². The van der Waals surface area contributed by atoms with Gasteiger partial charge in [0.05, 0.1) is 10.6 Å². The van der Waals surface area contributed by atoms with Crippen LogP contribution in [-0.4, -0.2) is 26.1 Å². The molecule has 0 bridgehead atoms. The van der Waals surface area contributed by atoms with Gasteiger partial charge in [0.2, 0.25) is 5.95 Å². The molecule has 0 aliphatic carbocycles. The molecule has 0 saturated heterocycles. The Morgan fingerprint density at radius 1 is 1.07 bits per heavy atom. The molecule has 4 aromatic rings. The number of carbonyl (C=O) groups is 1. The molecule has 0 spiro atoms. The fourth-order valence-corrected chi connectivity index (χ4v) is 2.71. The molecule has 4 rings (SSSR count). The number of nitrogens with one attached hydrogen (secondary N) is 3. The maximum absolute atomic E-state index is 13.3. The molecule has 29 heavy (non-hydrogen) atoms. The second-order valence-corrected chi connectivity index (χ2v) is 6.42. The lowest BCUT2D eigenvalue weighted by molar-refractivity contribution is 0.102. The number of rotatable bonds is 5. The third kappa shape index (κ3) is 4.39. The van der Waals surface area contributed by atoms with Crippen molar-refractivity contribution in [3.8, 4) is 11.4 Å². The number of H-pyrrole nitrogens is 1. The Morgan fingerprint density at radius 2 is 1.90 bits per heavy atom. The van der Waals surface area contributed by atoms with Crippen molar-refractivity contribution < 1.29 is 9.18 Å². The fraction of sp³-hybridized carbons (Fsp3) is 0. The van der Waals surface area contributed by atoms with Crippen molar-refractivity contribution in [2.45, 2.75) is 0 Å². The highest BCUT2D eigenvalue weighted by Crippen LogP contribution is 2.23. The number of aromatic nitrogens is 4. The van der Waals surface area contributed by atoms with E-state index in [1.54, 1.807) is 30.3 Å². The summed E-state index contributed by atoms with van der Waals surface area (Å²) in [5, 5.41) is 12.5. The van der Waals surface area contributed by atoms with Gasteiger partial charge in [-0.2, -0.15) is 4.98 Å². The van der Waals surface area contributed by atoms with E-state index in [-0.39, 0.29) is 16.9 Å². The molecule has 0 atom stereocenters. The second-order valence-electron chi connectivity index (χ2n) is 6.01. The van der Waals surface area contributed by atoms with E-state index in [0.29, 0.717) is 28.5 Å². The summed E-state index contributed by atoms with van der Waals surface area (Å²) in [6.07, 6.45) is 1.45. The van der Waals surface area contributed by atoms with Gasteiger partial charge in [0, 0.05) is 17.4 Å². The molecule has 0 aliphatic rings. The Bertz CT molecular complexity index is 1150. The third-order valence-corrected chi connectivity index (χ3v) is 4.27. The summed E-state index contributed by atoms with van der Waals surface area (Å²) >= 11 is 5.80. The predicted octanol–water partition coefficient (Wildman–Crippen LogP) is 4.66. The molecule has 9 heteroatoms. The van der Waals surface area contributed by atoms with E-state index in [4.69, 9.17) is 11.6 Å². The van der Waals surface area contributed by atoms with Gasteiger partial charge in [-0.25, -0.2) is 9.37 Å². The van der Waals surface area contributed by atoms with Crippen LogP contribution in [-0.2, 0) is 0 Å². The molecule has 0 unspecified atom stereocenters. The maximum Gasteiger partial charge on any atom is 0.257 e. The maximum atomic E-state index is 13.3. The van der Waals surface area contributed by atoms with E-state index in [1.807, 2.05) is 18.2 Å². The van der Waals surface area contributed by atoms with E-state index >= 15 is 0 Å². The average molecular weight is 409 g/mol. The highest BCUT2D eigenvalue weighted by atomic mass is 35.5. The molecule has 0 aliphatic heterocycles. The minimum Gasteiger partial charge on any atom is -0.322 e. The zero-order chi connectivity index (χ0) is 20.2. The summed E-state index contributed by atoms with van der Waals surface area (Å²) in [4.78, 5) is 20.7. The Balaban J connectivity index is 1.43. The molecule has 0 fully saturated rings. The first kappa shape index (κ1) is 18.6. The predicted molar refractivity (Wildman–Crippen MR) is 109 cm³/mol. The zero-order valence-corrected chi connectivity index (χ0v) is 15.6. The number of halogens is 2. The Labute approximate surface area is 170 Å². The molecular formula is C20H14ClFN6O. The number of aromatic amines is 1. The number of hydrogen-bond acceptors (Lipinski definition) is 5. The van der Waals surface area contributed by atoms with Crippen LogP contribution in [0.15, 0.2) is 66.9 Å². The summed E-state index contributed by atoms with van der Waals surface area (Å²) in [6.45, 7) is 0. The normalized spacial score (nSPS) is 10.6. The lowest BCUT2D eigenvalue weighted by atomic mass is 10.2. The van der Waals surface area contributed by atoms with Crippen LogP contribution in [0.1, 0.15) is 10.4 Å².